The third-order valence-corrected chi connectivity index (χ3v) is 7.69. The van der Waals surface area contributed by atoms with Crippen molar-refractivity contribution in [1.29, 1.82) is 0 Å². The van der Waals surface area contributed by atoms with Crippen LogP contribution in [-0.2, 0) is 20.0 Å². The average Bonchev–Trinajstić information content (AvgIpc) is 3.28. The van der Waals surface area contributed by atoms with Crippen molar-refractivity contribution in [3.63, 3.8) is 0 Å². The minimum atomic E-state index is -0.190. The number of aliphatic hydroxyl groups is 1. The first-order valence-electron chi connectivity index (χ1n) is 12.3. The van der Waals surface area contributed by atoms with Crippen LogP contribution in [0.3, 0.4) is 0 Å². The van der Waals surface area contributed by atoms with Crippen molar-refractivity contribution in [2.24, 2.45) is 7.05 Å². The highest BCUT2D eigenvalue weighted by molar-refractivity contribution is 7.98. The molecule has 2 aromatic heterocycles. The Hall–Kier alpha value is -3.23. The van der Waals surface area contributed by atoms with Gasteiger partial charge in [0.05, 0.1) is 18.7 Å². The van der Waals surface area contributed by atoms with Crippen LogP contribution >= 0.6 is 11.8 Å². The molecule has 188 valence electrons. The number of nitrogens with zero attached hydrogens (tertiary/aromatic N) is 4. The summed E-state index contributed by atoms with van der Waals surface area (Å²) < 4.78 is 7.83. The van der Waals surface area contributed by atoms with Crippen molar-refractivity contribution in [1.82, 2.24) is 14.5 Å². The zero-order valence-corrected chi connectivity index (χ0v) is 21.9. The van der Waals surface area contributed by atoms with Crippen LogP contribution in [0.5, 0.6) is 5.75 Å². The van der Waals surface area contributed by atoms with Gasteiger partial charge in [-0.3, -0.25) is 0 Å². The number of anilines is 2. The molecule has 7 nitrogen and oxygen atoms in total. The topological polar surface area (TPSA) is 75.4 Å². The molecule has 3 heterocycles. The smallest absolute Gasteiger partial charge is 0.154 e. The lowest BCUT2D eigenvalue weighted by Crippen LogP contribution is -2.35. The molecule has 2 aromatic carbocycles. The number of hydrogen-bond donors (Lipinski definition) is 2. The Balaban J connectivity index is 1.41. The summed E-state index contributed by atoms with van der Waals surface area (Å²) in [5, 5.41) is 13.4. The number of thioether (sulfide) groups is 1. The van der Waals surface area contributed by atoms with Crippen LogP contribution in [0.15, 0.2) is 59.6 Å². The summed E-state index contributed by atoms with van der Waals surface area (Å²) >= 11 is 1.75. The molecular weight excluding hydrogens is 470 g/mol. The van der Waals surface area contributed by atoms with Crippen LogP contribution < -0.4 is 15.0 Å². The Morgan fingerprint density at radius 3 is 2.67 bits per heavy atom. The van der Waals surface area contributed by atoms with Crippen LogP contribution in [0, 0.1) is 0 Å². The highest BCUT2D eigenvalue weighted by Gasteiger charge is 2.19. The van der Waals surface area contributed by atoms with Crippen LogP contribution in [0.2, 0.25) is 0 Å². The molecule has 1 aliphatic heterocycles. The monoisotopic (exact) mass is 503 g/mol. The quantitative estimate of drug-likeness (QED) is 0.333. The lowest BCUT2D eigenvalue weighted by molar-refractivity contribution is 0.145. The van der Waals surface area contributed by atoms with Gasteiger partial charge >= 0.3 is 0 Å². The van der Waals surface area contributed by atoms with Crippen LogP contribution in [0.1, 0.15) is 29.8 Å². The Morgan fingerprint density at radius 2 is 1.89 bits per heavy atom. The summed E-state index contributed by atoms with van der Waals surface area (Å²) in [5.41, 5.74) is 5.33. The maximum Gasteiger partial charge on any atom is 0.154 e. The molecule has 1 aliphatic rings. The summed E-state index contributed by atoms with van der Waals surface area (Å²) in [7, 11) is 3.73. The van der Waals surface area contributed by atoms with Gasteiger partial charge < -0.3 is 24.6 Å². The van der Waals surface area contributed by atoms with E-state index in [1.165, 1.54) is 10.5 Å². The summed E-state index contributed by atoms with van der Waals surface area (Å²) in [6.07, 6.45) is 6.10. The number of rotatable bonds is 8. The molecule has 0 amide bonds. The largest absolute Gasteiger partial charge is 0.496 e. The fraction of sp³-hybridized carbons (Fsp3) is 0.357. The van der Waals surface area contributed by atoms with Crippen molar-refractivity contribution >= 4 is 34.3 Å². The number of benzene rings is 2. The van der Waals surface area contributed by atoms with Gasteiger partial charge in [-0.05, 0) is 42.9 Å². The molecule has 36 heavy (non-hydrogen) atoms. The Kier molecular flexibility index (Phi) is 7.34. The van der Waals surface area contributed by atoms with E-state index in [1.807, 2.05) is 19.3 Å². The molecule has 1 saturated heterocycles. The normalized spacial score (nSPS) is 14.4. The zero-order valence-electron chi connectivity index (χ0n) is 21.1. The number of hydrogen-bond acceptors (Lipinski definition) is 7. The van der Waals surface area contributed by atoms with Gasteiger partial charge in [0.2, 0.25) is 0 Å². The van der Waals surface area contributed by atoms with Gasteiger partial charge in [-0.1, -0.05) is 24.3 Å². The van der Waals surface area contributed by atoms with E-state index in [0.29, 0.717) is 13.0 Å². The zero-order chi connectivity index (χ0) is 25.1. The second-order valence-electron chi connectivity index (χ2n) is 9.21. The summed E-state index contributed by atoms with van der Waals surface area (Å²) in [5.74, 6) is 2.42. The number of aliphatic hydroxyl groups excluding tert-OH is 1. The molecule has 5 rings (SSSR count). The van der Waals surface area contributed by atoms with Gasteiger partial charge in [0.1, 0.15) is 17.1 Å². The highest BCUT2D eigenvalue weighted by atomic mass is 32.2. The van der Waals surface area contributed by atoms with Gasteiger partial charge in [0.25, 0.3) is 0 Å². The van der Waals surface area contributed by atoms with E-state index in [4.69, 9.17) is 14.7 Å². The van der Waals surface area contributed by atoms with E-state index >= 15 is 0 Å². The lowest BCUT2D eigenvalue weighted by Gasteiger charge is -2.31. The van der Waals surface area contributed by atoms with Crippen LogP contribution in [0.4, 0.5) is 11.5 Å². The Bertz CT molecular complexity index is 1350. The third kappa shape index (κ3) is 5.15. The average molecular weight is 504 g/mol. The van der Waals surface area contributed by atoms with Crippen LogP contribution in [-0.4, -0.2) is 52.2 Å². The summed E-state index contributed by atoms with van der Waals surface area (Å²) in [6.45, 7) is 2.40. The van der Waals surface area contributed by atoms with Gasteiger partial charge in [0, 0.05) is 61.5 Å². The van der Waals surface area contributed by atoms with E-state index < -0.39 is 0 Å². The number of piperidine rings is 1. The van der Waals surface area contributed by atoms with Gasteiger partial charge in [0.15, 0.2) is 5.82 Å². The minimum absolute atomic E-state index is 0.190. The van der Waals surface area contributed by atoms with E-state index in [-0.39, 0.29) is 6.10 Å². The van der Waals surface area contributed by atoms with E-state index in [2.05, 4.69) is 63.5 Å². The predicted molar refractivity (Wildman–Crippen MR) is 147 cm³/mol. The van der Waals surface area contributed by atoms with Crippen molar-refractivity contribution in [3.05, 3.63) is 71.7 Å². The minimum Gasteiger partial charge on any atom is -0.496 e. The van der Waals surface area contributed by atoms with E-state index in [9.17, 15) is 5.11 Å². The van der Waals surface area contributed by atoms with Crippen molar-refractivity contribution in [2.45, 2.75) is 36.8 Å². The summed E-state index contributed by atoms with van der Waals surface area (Å²) in [6, 6.07) is 16.8. The number of methoxy groups -OCH3 is 1. The number of aromatic nitrogens is 3. The fourth-order valence-corrected chi connectivity index (χ4v) is 5.46. The van der Waals surface area contributed by atoms with Crippen molar-refractivity contribution in [2.75, 3.05) is 36.7 Å². The number of aryl methyl sites for hydroxylation is 1. The molecule has 2 N–H and O–H groups in total. The number of fused-ring (bicyclic) bond motifs is 1. The molecule has 0 bridgehead atoms. The molecule has 0 saturated carbocycles. The second-order valence-corrected chi connectivity index (χ2v) is 10.1. The molecule has 0 radical (unpaired) electrons. The van der Waals surface area contributed by atoms with Crippen molar-refractivity contribution in [3.8, 4) is 5.75 Å². The molecule has 1 fully saturated rings. The molecule has 0 spiro atoms. The summed E-state index contributed by atoms with van der Waals surface area (Å²) in [4.78, 5) is 13.4. The maximum atomic E-state index is 9.84. The Morgan fingerprint density at radius 1 is 1.08 bits per heavy atom. The third-order valence-electron chi connectivity index (χ3n) is 6.85. The van der Waals surface area contributed by atoms with E-state index in [0.717, 1.165) is 65.6 Å². The second kappa shape index (κ2) is 10.8. The standard InChI is InChI=1S/C28H33N5O2S/c1-32-13-12-23-27(32)28(29-18-20-6-4-5-7-25(20)36-3)31-26(30-23)16-19-8-9-21(17-24(19)35-2)33-14-10-22(34)11-15-33/h4-9,12-13,17,22,34H,10-11,14-16,18H2,1-3H3,(H,29,30,31). The lowest BCUT2D eigenvalue weighted by atomic mass is 10.1. The Labute approximate surface area is 216 Å². The van der Waals surface area contributed by atoms with E-state index in [1.54, 1.807) is 18.9 Å². The number of ether oxygens (including phenoxy) is 1. The number of nitrogens with one attached hydrogen (secondary N) is 1. The van der Waals surface area contributed by atoms with Gasteiger partial charge in [-0.15, -0.1) is 11.8 Å². The molecule has 0 atom stereocenters. The first-order valence-corrected chi connectivity index (χ1v) is 13.6. The molecule has 0 aliphatic carbocycles. The predicted octanol–water partition coefficient (Wildman–Crippen LogP) is 4.86. The highest BCUT2D eigenvalue weighted by Crippen LogP contribution is 2.30. The first-order chi connectivity index (χ1) is 17.6. The molecule has 8 heteroatoms. The molecule has 0 unspecified atom stereocenters. The fourth-order valence-electron chi connectivity index (χ4n) is 4.84. The first kappa shape index (κ1) is 24.5. The SMILES string of the molecule is COc1cc(N2CCC(O)CC2)ccc1Cc1nc(NCc2ccccc2SC)c2c(ccn2C)n1. The van der Waals surface area contributed by atoms with Crippen LogP contribution in [0.25, 0.3) is 11.0 Å². The molecular formula is C28H33N5O2S. The maximum absolute atomic E-state index is 9.84. The van der Waals surface area contributed by atoms with Crippen molar-refractivity contribution < 1.29 is 9.84 Å². The van der Waals surface area contributed by atoms with Gasteiger partial charge in [-0.2, -0.15) is 0 Å². The molecule has 4 aromatic rings. The van der Waals surface area contributed by atoms with Gasteiger partial charge in [-0.25, -0.2) is 9.97 Å².